The Balaban J connectivity index is 2.46. The molecule has 0 amide bonds. The first-order valence-electron chi connectivity index (χ1n) is 5.62. The maximum atomic E-state index is 6.25. The van der Waals surface area contributed by atoms with Gasteiger partial charge in [-0.15, -0.1) is 0 Å². The van der Waals surface area contributed by atoms with Gasteiger partial charge in [0.1, 0.15) is 0 Å². The highest BCUT2D eigenvalue weighted by Crippen LogP contribution is 2.31. The molecule has 2 atom stereocenters. The minimum atomic E-state index is 0.340. The Morgan fingerprint density at radius 2 is 1.77 bits per heavy atom. The number of nitrogens with two attached hydrogens (primary N) is 2. The highest BCUT2D eigenvalue weighted by molar-refractivity contribution is 4.85. The van der Waals surface area contributed by atoms with E-state index < -0.39 is 0 Å². The van der Waals surface area contributed by atoms with Gasteiger partial charge in [0.15, 0.2) is 0 Å². The Morgan fingerprint density at radius 3 is 2.15 bits per heavy atom. The molecule has 0 bridgehead atoms. The van der Waals surface area contributed by atoms with Crippen molar-refractivity contribution in [1.29, 1.82) is 0 Å². The second kappa shape index (κ2) is 4.97. The van der Waals surface area contributed by atoms with Crippen LogP contribution in [0.3, 0.4) is 0 Å². The number of rotatable bonds is 4. The van der Waals surface area contributed by atoms with Crippen LogP contribution in [-0.4, -0.2) is 12.6 Å². The van der Waals surface area contributed by atoms with Crippen molar-refractivity contribution in [3.05, 3.63) is 0 Å². The van der Waals surface area contributed by atoms with E-state index in [4.69, 9.17) is 11.5 Å². The van der Waals surface area contributed by atoms with Crippen LogP contribution in [0.5, 0.6) is 0 Å². The molecule has 0 aromatic rings. The maximum absolute atomic E-state index is 6.25. The van der Waals surface area contributed by atoms with E-state index in [-0.39, 0.29) is 0 Å². The van der Waals surface area contributed by atoms with Crippen LogP contribution in [0.15, 0.2) is 0 Å². The molecule has 1 saturated carbocycles. The standard InChI is InChI=1S/C11H24N2/c1-8(2)10(7-12)11(13)9-5-3-4-6-9/h8-11H,3-7,12-13H2,1-2H3. The molecular weight excluding hydrogens is 160 g/mol. The summed E-state index contributed by atoms with van der Waals surface area (Å²) in [7, 11) is 0. The van der Waals surface area contributed by atoms with Gasteiger partial charge in [-0.2, -0.15) is 0 Å². The van der Waals surface area contributed by atoms with Crippen molar-refractivity contribution < 1.29 is 0 Å². The first-order valence-corrected chi connectivity index (χ1v) is 5.62. The molecule has 0 aromatic carbocycles. The van der Waals surface area contributed by atoms with Gasteiger partial charge >= 0.3 is 0 Å². The molecule has 13 heavy (non-hydrogen) atoms. The van der Waals surface area contributed by atoms with Crippen LogP contribution in [0.4, 0.5) is 0 Å². The Bertz CT molecular complexity index is 139. The maximum Gasteiger partial charge on any atom is 0.0110 e. The van der Waals surface area contributed by atoms with Crippen LogP contribution in [-0.2, 0) is 0 Å². The minimum Gasteiger partial charge on any atom is -0.330 e. The highest BCUT2D eigenvalue weighted by atomic mass is 14.7. The summed E-state index contributed by atoms with van der Waals surface area (Å²) in [5.74, 6) is 1.89. The highest BCUT2D eigenvalue weighted by Gasteiger charge is 2.29. The van der Waals surface area contributed by atoms with E-state index in [9.17, 15) is 0 Å². The summed E-state index contributed by atoms with van der Waals surface area (Å²) in [5.41, 5.74) is 12.0. The Hall–Kier alpha value is -0.0800. The fraction of sp³-hybridized carbons (Fsp3) is 1.00. The van der Waals surface area contributed by atoms with Gasteiger partial charge in [0.2, 0.25) is 0 Å². The van der Waals surface area contributed by atoms with Crippen LogP contribution < -0.4 is 11.5 Å². The Labute approximate surface area is 82.1 Å². The lowest BCUT2D eigenvalue weighted by atomic mass is 9.81. The second-order valence-corrected chi connectivity index (χ2v) is 4.77. The summed E-state index contributed by atoms with van der Waals surface area (Å²) < 4.78 is 0. The normalized spacial score (nSPS) is 23.8. The lowest BCUT2D eigenvalue weighted by Gasteiger charge is -2.30. The van der Waals surface area contributed by atoms with Gasteiger partial charge in [-0.1, -0.05) is 26.7 Å². The fourth-order valence-corrected chi connectivity index (χ4v) is 2.57. The molecule has 0 saturated heterocycles. The number of hydrogen-bond acceptors (Lipinski definition) is 2. The topological polar surface area (TPSA) is 52.0 Å². The molecule has 0 aromatic heterocycles. The molecule has 1 aliphatic rings. The quantitative estimate of drug-likeness (QED) is 0.699. The van der Waals surface area contributed by atoms with E-state index in [2.05, 4.69) is 13.8 Å². The third kappa shape index (κ3) is 2.68. The Morgan fingerprint density at radius 1 is 1.23 bits per heavy atom. The molecular formula is C11H24N2. The van der Waals surface area contributed by atoms with Crippen molar-refractivity contribution in [2.24, 2.45) is 29.2 Å². The van der Waals surface area contributed by atoms with Gasteiger partial charge in [0, 0.05) is 6.04 Å². The van der Waals surface area contributed by atoms with Crippen molar-refractivity contribution in [1.82, 2.24) is 0 Å². The lowest BCUT2D eigenvalue weighted by molar-refractivity contribution is 0.256. The van der Waals surface area contributed by atoms with E-state index >= 15 is 0 Å². The van der Waals surface area contributed by atoms with Gasteiger partial charge in [-0.05, 0) is 37.1 Å². The molecule has 1 aliphatic carbocycles. The molecule has 2 heteroatoms. The van der Waals surface area contributed by atoms with Crippen molar-refractivity contribution in [2.75, 3.05) is 6.54 Å². The van der Waals surface area contributed by atoms with Gasteiger partial charge in [-0.25, -0.2) is 0 Å². The minimum absolute atomic E-state index is 0.340. The van der Waals surface area contributed by atoms with E-state index in [0.717, 1.165) is 12.5 Å². The second-order valence-electron chi connectivity index (χ2n) is 4.77. The Kier molecular flexibility index (Phi) is 4.20. The largest absolute Gasteiger partial charge is 0.330 e. The molecule has 1 fully saturated rings. The molecule has 2 unspecified atom stereocenters. The van der Waals surface area contributed by atoms with Crippen molar-refractivity contribution in [2.45, 2.75) is 45.6 Å². The summed E-state index contributed by atoms with van der Waals surface area (Å²) >= 11 is 0. The van der Waals surface area contributed by atoms with Crippen LogP contribution in [0.1, 0.15) is 39.5 Å². The van der Waals surface area contributed by atoms with Crippen molar-refractivity contribution >= 4 is 0 Å². The molecule has 0 heterocycles. The zero-order valence-electron chi connectivity index (χ0n) is 9.00. The lowest BCUT2D eigenvalue weighted by Crippen LogP contribution is -2.42. The zero-order chi connectivity index (χ0) is 9.84. The van der Waals surface area contributed by atoms with Crippen LogP contribution in [0, 0.1) is 17.8 Å². The van der Waals surface area contributed by atoms with Gasteiger partial charge in [0.05, 0.1) is 0 Å². The van der Waals surface area contributed by atoms with Crippen molar-refractivity contribution in [3.8, 4) is 0 Å². The van der Waals surface area contributed by atoms with E-state index in [1.165, 1.54) is 25.7 Å². The summed E-state index contributed by atoms with van der Waals surface area (Å²) in [6.07, 6.45) is 5.39. The third-order valence-corrected chi connectivity index (χ3v) is 3.57. The SMILES string of the molecule is CC(C)C(CN)C(N)C1CCCC1. The molecule has 78 valence electrons. The molecule has 2 nitrogen and oxygen atoms in total. The monoisotopic (exact) mass is 184 g/mol. The molecule has 0 spiro atoms. The smallest absolute Gasteiger partial charge is 0.0110 e. The average Bonchev–Trinajstić information content (AvgIpc) is 2.56. The van der Waals surface area contributed by atoms with Crippen LogP contribution >= 0.6 is 0 Å². The summed E-state index contributed by atoms with van der Waals surface area (Å²) in [5, 5.41) is 0. The van der Waals surface area contributed by atoms with Crippen molar-refractivity contribution in [3.63, 3.8) is 0 Å². The van der Waals surface area contributed by atoms with Gasteiger partial charge < -0.3 is 11.5 Å². The predicted molar refractivity (Wildman–Crippen MR) is 57.3 cm³/mol. The van der Waals surface area contributed by atoms with E-state index in [0.29, 0.717) is 17.9 Å². The summed E-state index contributed by atoms with van der Waals surface area (Å²) in [4.78, 5) is 0. The van der Waals surface area contributed by atoms with E-state index in [1.54, 1.807) is 0 Å². The van der Waals surface area contributed by atoms with Gasteiger partial charge in [-0.3, -0.25) is 0 Å². The first-order chi connectivity index (χ1) is 6.16. The van der Waals surface area contributed by atoms with Crippen LogP contribution in [0.2, 0.25) is 0 Å². The third-order valence-electron chi connectivity index (χ3n) is 3.57. The molecule has 4 N–H and O–H groups in total. The van der Waals surface area contributed by atoms with E-state index in [1.807, 2.05) is 0 Å². The summed E-state index contributed by atoms with van der Waals surface area (Å²) in [6, 6.07) is 0.340. The predicted octanol–water partition coefficient (Wildman–Crippen LogP) is 1.73. The molecule has 0 radical (unpaired) electrons. The average molecular weight is 184 g/mol. The number of hydrogen-bond donors (Lipinski definition) is 2. The summed E-state index contributed by atoms with van der Waals surface area (Å²) in [6.45, 7) is 5.20. The first kappa shape index (κ1) is 11.0. The zero-order valence-corrected chi connectivity index (χ0v) is 9.00. The molecule has 0 aliphatic heterocycles. The molecule has 1 rings (SSSR count). The fourth-order valence-electron chi connectivity index (χ4n) is 2.57. The van der Waals surface area contributed by atoms with Crippen LogP contribution in [0.25, 0.3) is 0 Å². The van der Waals surface area contributed by atoms with Gasteiger partial charge in [0.25, 0.3) is 0 Å².